The Kier molecular flexibility index (Phi) is 4.95. The molecule has 2 aliphatic heterocycles. The topological polar surface area (TPSA) is 40.9 Å². The molecule has 5 heteroatoms. The van der Waals surface area contributed by atoms with E-state index in [-0.39, 0.29) is 0 Å². The summed E-state index contributed by atoms with van der Waals surface area (Å²) in [7, 11) is 1.95. The lowest BCUT2D eigenvalue weighted by Gasteiger charge is -2.32. The molecule has 21 heavy (non-hydrogen) atoms. The third kappa shape index (κ3) is 3.66. The summed E-state index contributed by atoms with van der Waals surface area (Å²) in [6, 6.07) is 2.89. The quantitative estimate of drug-likeness (QED) is 0.884. The SMILES string of the molecule is CNCc1oc(CN2CCC(N3CCOCC3)C2)cc1C. The van der Waals surface area contributed by atoms with E-state index in [1.54, 1.807) is 0 Å². The molecule has 0 spiro atoms. The molecular weight excluding hydrogens is 266 g/mol. The van der Waals surface area contributed by atoms with Crippen LogP contribution in [-0.2, 0) is 17.8 Å². The Morgan fingerprint density at radius 1 is 1.29 bits per heavy atom. The van der Waals surface area contributed by atoms with Gasteiger partial charge in [-0.15, -0.1) is 0 Å². The average molecular weight is 293 g/mol. The molecule has 3 heterocycles. The van der Waals surface area contributed by atoms with E-state index in [1.165, 1.54) is 18.5 Å². The maximum absolute atomic E-state index is 5.96. The number of nitrogens with zero attached hydrogens (tertiary/aromatic N) is 2. The van der Waals surface area contributed by atoms with Gasteiger partial charge in [-0.3, -0.25) is 9.80 Å². The lowest BCUT2D eigenvalue weighted by Crippen LogP contribution is -2.44. The van der Waals surface area contributed by atoms with Crippen LogP contribution < -0.4 is 5.32 Å². The first kappa shape index (κ1) is 15.0. The van der Waals surface area contributed by atoms with Crippen LogP contribution in [0.25, 0.3) is 0 Å². The van der Waals surface area contributed by atoms with Crippen molar-refractivity contribution >= 4 is 0 Å². The first-order valence-electron chi connectivity index (χ1n) is 8.03. The number of ether oxygens (including phenoxy) is 1. The molecular formula is C16H27N3O2. The molecule has 2 fully saturated rings. The van der Waals surface area contributed by atoms with Crippen molar-refractivity contribution in [2.45, 2.75) is 32.5 Å². The molecule has 3 rings (SSSR count). The van der Waals surface area contributed by atoms with Gasteiger partial charge in [0.1, 0.15) is 11.5 Å². The van der Waals surface area contributed by atoms with Crippen LogP contribution >= 0.6 is 0 Å². The third-order valence-corrected chi connectivity index (χ3v) is 4.60. The minimum absolute atomic E-state index is 0.696. The molecule has 0 radical (unpaired) electrons. The van der Waals surface area contributed by atoms with Gasteiger partial charge in [-0.1, -0.05) is 0 Å². The fraction of sp³-hybridized carbons (Fsp3) is 0.750. The molecule has 1 N–H and O–H groups in total. The second-order valence-corrected chi connectivity index (χ2v) is 6.18. The molecule has 0 aromatic carbocycles. The maximum atomic E-state index is 5.96. The van der Waals surface area contributed by atoms with Gasteiger partial charge in [0.25, 0.3) is 0 Å². The normalized spacial score (nSPS) is 24.8. The Hall–Kier alpha value is -0.880. The maximum Gasteiger partial charge on any atom is 0.120 e. The van der Waals surface area contributed by atoms with E-state index in [0.29, 0.717) is 6.04 Å². The van der Waals surface area contributed by atoms with Gasteiger partial charge in [0, 0.05) is 32.2 Å². The molecule has 1 aromatic heterocycles. The van der Waals surface area contributed by atoms with Crippen LogP contribution in [0.1, 0.15) is 23.5 Å². The first-order chi connectivity index (χ1) is 10.3. The van der Waals surface area contributed by atoms with E-state index < -0.39 is 0 Å². The minimum Gasteiger partial charge on any atom is -0.463 e. The Labute approximate surface area is 127 Å². The Morgan fingerprint density at radius 3 is 2.86 bits per heavy atom. The van der Waals surface area contributed by atoms with Crippen molar-refractivity contribution in [3.05, 3.63) is 23.2 Å². The number of aryl methyl sites for hydroxylation is 1. The number of morpholine rings is 1. The zero-order valence-corrected chi connectivity index (χ0v) is 13.2. The van der Waals surface area contributed by atoms with Crippen LogP contribution in [-0.4, -0.2) is 62.3 Å². The van der Waals surface area contributed by atoms with Gasteiger partial charge in [-0.05, 0) is 32.0 Å². The molecule has 0 saturated carbocycles. The van der Waals surface area contributed by atoms with Crippen molar-refractivity contribution in [2.24, 2.45) is 0 Å². The fourth-order valence-corrected chi connectivity index (χ4v) is 3.42. The van der Waals surface area contributed by atoms with E-state index >= 15 is 0 Å². The van der Waals surface area contributed by atoms with E-state index in [4.69, 9.17) is 9.15 Å². The summed E-state index contributed by atoms with van der Waals surface area (Å²) in [4.78, 5) is 5.10. The van der Waals surface area contributed by atoms with Crippen LogP contribution in [0.3, 0.4) is 0 Å². The van der Waals surface area contributed by atoms with Gasteiger partial charge in [0.15, 0.2) is 0 Å². The van der Waals surface area contributed by atoms with Crippen molar-refractivity contribution in [1.82, 2.24) is 15.1 Å². The smallest absolute Gasteiger partial charge is 0.120 e. The van der Waals surface area contributed by atoms with Crippen molar-refractivity contribution < 1.29 is 9.15 Å². The Balaban J connectivity index is 1.53. The van der Waals surface area contributed by atoms with Gasteiger partial charge >= 0.3 is 0 Å². The van der Waals surface area contributed by atoms with Crippen LogP contribution in [0.5, 0.6) is 0 Å². The number of nitrogens with one attached hydrogen (secondary N) is 1. The highest BCUT2D eigenvalue weighted by Gasteiger charge is 2.29. The minimum atomic E-state index is 0.696. The molecule has 1 aromatic rings. The number of furan rings is 1. The molecule has 0 amide bonds. The summed E-state index contributed by atoms with van der Waals surface area (Å²) in [6.07, 6.45) is 1.27. The number of hydrogen-bond acceptors (Lipinski definition) is 5. The summed E-state index contributed by atoms with van der Waals surface area (Å²) < 4.78 is 11.4. The lowest BCUT2D eigenvalue weighted by atomic mass is 10.2. The van der Waals surface area contributed by atoms with Gasteiger partial charge in [-0.25, -0.2) is 0 Å². The standard InChI is InChI=1S/C16H27N3O2/c1-13-9-15(21-16(13)10-17-2)12-18-4-3-14(11-18)19-5-7-20-8-6-19/h9,14,17H,3-8,10-12H2,1-2H3. The van der Waals surface area contributed by atoms with Crippen LogP contribution in [0.2, 0.25) is 0 Å². The van der Waals surface area contributed by atoms with Crippen molar-refractivity contribution in [3.63, 3.8) is 0 Å². The molecule has 1 atom stereocenters. The Morgan fingerprint density at radius 2 is 2.10 bits per heavy atom. The molecule has 2 aliphatic rings. The monoisotopic (exact) mass is 293 g/mol. The number of likely N-dealkylation sites (tertiary alicyclic amines) is 1. The predicted molar refractivity (Wildman–Crippen MR) is 82.3 cm³/mol. The summed E-state index contributed by atoms with van der Waals surface area (Å²) in [6.45, 7) is 10.1. The third-order valence-electron chi connectivity index (χ3n) is 4.60. The van der Waals surface area contributed by atoms with E-state index in [9.17, 15) is 0 Å². The first-order valence-corrected chi connectivity index (χ1v) is 8.03. The highest BCUT2D eigenvalue weighted by atomic mass is 16.5. The van der Waals surface area contributed by atoms with Crippen LogP contribution in [0.4, 0.5) is 0 Å². The van der Waals surface area contributed by atoms with E-state index in [0.717, 1.165) is 57.5 Å². The Bertz CT molecular complexity index is 454. The van der Waals surface area contributed by atoms with Crippen LogP contribution in [0.15, 0.2) is 10.5 Å². The zero-order chi connectivity index (χ0) is 14.7. The highest BCUT2D eigenvalue weighted by Crippen LogP contribution is 2.21. The average Bonchev–Trinajstić information content (AvgIpc) is 3.08. The zero-order valence-electron chi connectivity index (χ0n) is 13.2. The number of rotatable bonds is 5. The van der Waals surface area contributed by atoms with Crippen molar-refractivity contribution in [1.29, 1.82) is 0 Å². The molecule has 2 saturated heterocycles. The van der Waals surface area contributed by atoms with Gasteiger partial charge in [0.2, 0.25) is 0 Å². The summed E-state index contributed by atoms with van der Waals surface area (Å²) in [5, 5.41) is 3.16. The lowest BCUT2D eigenvalue weighted by molar-refractivity contribution is 0.0182. The summed E-state index contributed by atoms with van der Waals surface area (Å²) in [5.74, 6) is 2.16. The van der Waals surface area contributed by atoms with Crippen molar-refractivity contribution in [2.75, 3.05) is 46.4 Å². The van der Waals surface area contributed by atoms with Gasteiger partial charge < -0.3 is 14.5 Å². The summed E-state index contributed by atoms with van der Waals surface area (Å²) >= 11 is 0. The van der Waals surface area contributed by atoms with Crippen molar-refractivity contribution in [3.8, 4) is 0 Å². The second-order valence-electron chi connectivity index (χ2n) is 6.18. The highest BCUT2D eigenvalue weighted by molar-refractivity contribution is 5.20. The van der Waals surface area contributed by atoms with E-state index in [2.05, 4.69) is 28.1 Å². The summed E-state index contributed by atoms with van der Waals surface area (Å²) in [5.41, 5.74) is 1.25. The molecule has 1 unspecified atom stereocenters. The number of hydrogen-bond donors (Lipinski definition) is 1. The second kappa shape index (κ2) is 6.92. The predicted octanol–water partition coefficient (Wildman–Crippen LogP) is 1.21. The van der Waals surface area contributed by atoms with Gasteiger partial charge in [-0.2, -0.15) is 0 Å². The van der Waals surface area contributed by atoms with E-state index in [1.807, 2.05) is 7.05 Å². The van der Waals surface area contributed by atoms with Crippen LogP contribution in [0, 0.1) is 6.92 Å². The fourth-order valence-electron chi connectivity index (χ4n) is 3.42. The van der Waals surface area contributed by atoms with Gasteiger partial charge in [0.05, 0.1) is 26.3 Å². The molecule has 5 nitrogen and oxygen atoms in total. The largest absolute Gasteiger partial charge is 0.463 e. The molecule has 0 aliphatic carbocycles. The molecule has 118 valence electrons. The molecule has 0 bridgehead atoms.